The van der Waals surface area contributed by atoms with E-state index in [0.29, 0.717) is 51.4 Å². The molecule has 1 aliphatic heterocycles. The molecule has 28 heteroatoms. The van der Waals surface area contributed by atoms with Crippen LogP contribution < -0.4 is 42.5 Å². The molecule has 0 bridgehead atoms. The SMILES string of the molecule is CC(C)C[C@H]1NC(=O)[C@H](CCCCN=[N+]=[N-])NC(=O)[C@@H](CC(C)C)NC(=O)[C@H](CCCCN=[N+]=[N-])NC(=O)[C@@H](CC(C)C)NC(=O)[C@H](CCCCN=[N+]=[N-])NC(=O)[C@@H](CC(C)C)NC(=O)[C@H](CCCCN=[N+]=[N-])NC1=O. The van der Waals surface area contributed by atoms with Crippen molar-refractivity contribution in [2.75, 3.05) is 26.2 Å². The van der Waals surface area contributed by atoms with Crippen molar-refractivity contribution in [2.45, 2.75) is 206 Å². The maximum Gasteiger partial charge on any atom is 0.243 e. The van der Waals surface area contributed by atoms with E-state index in [2.05, 4.69) is 82.6 Å². The summed E-state index contributed by atoms with van der Waals surface area (Å²) in [5.41, 5.74) is 35.4. The van der Waals surface area contributed by atoms with Crippen LogP contribution in [0.4, 0.5) is 0 Å². The summed E-state index contributed by atoms with van der Waals surface area (Å²) in [6, 6.07) is -10.1. The van der Waals surface area contributed by atoms with Crippen molar-refractivity contribution in [2.24, 2.45) is 44.1 Å². The summed E-state index contributed by atoms with van der Waals surface area (Å²) >= 11 is 0. The molecule has 0 aliphatic carbocycles. The normalized spacial score (nSPS) is 22.7. The maximum atomic E-state index is 14.4. The molecular formula is C48H84N20O8. The third-order valence-corrected chi connectivity index (χ3v) is 12.1. The summed E-state index contributed by atoms with van der Waals surface area (Å²) in [6.07, 6.45) is 2.99. The minimum atomic E-state index is -1.28. The van der Waals surface area contributed by atoms with Crippen LogP contribution in [0.5, 0.6) is 0 Å². The van der Waals surface area contributed by atoms with Gasteiger partial charge in [0, 0.05) is 45.8 Å². The van der Waals surface area contributed by atoms with Crippen molar-refractivity contribution >= 4 is 47.3 Å². The molecule has 0 spiro atoms. The Kier molecular flexibility index (Phi) is 34.0. The van der Waals surface area contributed by atoms with Gasteiger partial charge in [0.2, 0.25) is 47.3 Å². The monoisotopic (exact) mass is 1070 g/mol. The second kappa shape index (κ2) is 38.5. The molecule has 8 amide bonds. The second-order valence-electron chi connectivity index (χ2n) is 20.8. The van der Waals surface area contributed by atoms with Gasteiger partial charge in [-0.05, 0) is 123 Å². The summed E-state index contributed by atoms with van der Waals surface area (Å²) < 4.78 is 0. The van der Waals surface area contributed by atoms with Crippen LogP contribution >= 0.6 is 0 Å². The highest BCUT2D eigenvalue weighted by Crippen LogP contribution is 2.16. The van der Waals surface area contributed by atoms with Gasteiger partial charge in [-0.15, -0.1) is 0 Å². The van der Waals surface area contributed by atoms with Gasteiger partial charge < -0.3 is 42.5 Å². The fraction of sp³-hybridized carbons (Fsp3) is 0.833. The van der Waals surface area contributed by atoms with E-state index < -0.39 is 95.6 Å². The van der Waals surface area contributed by atoms with Crippen molar-refractivity contribution in [3.63, 3.8) is 0 Å². The van der Waals surface area contributed by atoms with E-state index in [1.807, 2.05) is 55.4 Å². The lowest BCUT2D eigenvalue weighted by Crippen LogP contribution is -2.61. The van der Waals surface area contributed by atoms with Crippen LogP contribution in [0.25, 0.3) is 41.8 Å². The lowest BCUT2D eigenvalue weighted by molar-refractivity contribution is -0.137. The number of rotatable bonds is 28. The van der Waals surface area contributed by atoms with Gasteiger partial charge in [0.05, 0.1) is 0 Å². The molecule has 0 aromatic heterocycles. The number of nitrogens with zero attached hydrogens (tertiary/aromatic N) is 12. The Balaban J connectivity index is 4.18. The lowest BCUT2D eigenvalue weighted by Gasteiger charge is -2.30. The Morgan fingerprint density at radius 2 is 0.461 bits per heavy atom. The summed E-state index contributed by atoms with van der Waals surface area (Å²) in [5, 5.41) is 36.4. The Labute approximate surface area is 445 Å². The van der Waals surface area contributed by atoms with E-state index in [9.17, 15) is 38.4 Å². The van der Waals surface area contributed by atoms with Crippen LogP contribution in [0.15, 0.2) is 20.5 Å². The summed E-state index contributed by atoms with van der Waals surface area (Å²) in [7, 11) is 0. The van der Waals surface area contributed by atoms with E-state index in [0.717, 1.165) is 0 Å². The minimum absolute atomic E-state index is 0.0236. The number of azide groups is 4. The van der Waals surface area contributed by atoms with Crippen molar-refractivity contribution < 1.29 is 38.4 Å². The zero-order chi connectivity index (χ0) is 57.0. The van der Waals surface area contributed by atoms with Crippen LogP contribution in [-0.4, -0.2) is 122 Å². The Morgan fingerprint density at radius 3 is 0.618 bits per heavy atom. The third-order valence-electron chi connectivity index (χ3n) is 12.1. The molecule has 0 unspecified atom stereocenters. The van der Waals surface area contributed by atoms with E-state index in [1.165, 1.54) is 0 Å². The quantitative estimate of drug-likeness (QED) is 0.0199. The predicted molar refractivity (Wildman–Crippen MR) is 285 cm³/mol. The van der Waals surface area contributed by atoms with Gasteiger partial charge in [-0.3, -0.25) is 38.4 Å². The first-order chi connectivity index (χ1) is 36.2. The first kappa shape index (κ1) is 67.0. The standard InChI is InChI=1S/C48H84N20O8/c1-29(2)25-37-45(73)57-34(18-10-14-22-54-66-50)42(70)62-39(27-31(5)6)47(75)59-36(20-12-16-24-56-68-52)44(72)64-40(28-32(7)8)48(76)60-35(19-11-15-23-55-67-51)43(71)63-38(26-30(3)4)46(74)58-33(41(69)61-37)17-9-13-21-53-65-49/h29-40H,9-28H2,1-8H3,(H,57,73)(H,58,74)(H,59,75)(H,60,76)(H,61,69)(H,62,70)(H,63,71)(H,64,72)/t33-,34-,35-,36-,37+,38+,39+,40+/m0/s1. The zero-order valence-electron chi connectivity index (χ0n) is 45.7. The van der Waals surface area contributed by atoms with E-state index in [4.69, 9.17) is 22.1 Å². The van der Waals surface area contributed by atoms with Gasteiger partial charge in [-0.1, -0.05) is 102 Å². The molecule has 28 nitrogen and oxygen atoms in total. The number of carbonyl (C=O) groups is 8. The number of carbonyl (C=O) groups excluding carboxylic acids is 8. The molecule has 1 aliphatic rings. The van der Waals surface area contributed by atoms with Gasteiger partial charge in [0.15, 0.2) is 0 Å². The number of hydrogen-bond acceptors (Lipinski definition) is 12. The molecule has 0 saturated carbocycles. The average molecular weight is 1070 g/mol. The Morgan fingerprint density at radius 1 is 0.303 bits per heavy atom. The van der Waals surface area contributed by atoms with E-state index in [1.54, 1.807) is 0 Å². The molecular weight excluding hydrogens is 985 g/mol. The molecule has 1 heterocycles. The van der Waals surface area contributed by atoms with Crippen molar-refractivity contribution in [3.8, 4) is 0 Å². The molecule has 0 aromatic carbocycles. The zero-order valence-corrected chi connectivity index (χ0v) is 45.7. The van der Waals surface area contributed by atoms with Crippen LogP contribution in [0, 0.1) is 23.7 Å². The highest BCUT2D eigenvalue weighted by molar-refractivity contribution is 5.98. The largest absolute Gasteiger partial charge is 0.343 e. The van der Waals surface area contributed by atoms with Crippen LogP contribution in [0.1, 0.15) is 158 Å². The topological polar surface area (TPSA) is 428 Å². The fourth-order valence-corrected chi connectivity index (χ4v) is 8.37. The highest BCUT2D eigenvalue weighted by Gasteiger charge is 2.36. The lowest BCUT2D eigenvalue weighted by atomic mass is 9.98. The van der Waals surface area contributed by atoms with E-state index >= 15 is 0 Å². The van der Waals surface area contributed by atoms with Crippen molar-refractivity contribution in [1.29, 1.82) is 0 Å². The number of hydrogen-bond donors (Lipinski definition) is 8. The Hall–Kier alpha value is -7.00. The van der Waals surface area contributed by atoms with Gasteiger partial charge in [0.1, 0.15) is 48.3 Å². The van der Waals surface area contributed by atoms with Crippen LogP contribution in [0.2, 0.25) is 0 Å². The highest BCUT2D eigenvalue weighted by atomic mass is 16.2. The van der Waals surface area contributed by atoms with Crippen molar-refractivity contribution in [1.82, 2.24) is 42.5 Å². The maximum absolute atomic E-state index is 14.4. The van der Waals surface area contributed by atoms with Gasteiger partial charge in [-0.2, -0.15) is 0 Å². The van der Waals surface area contributed by atoms with Crippen LogP contribution in [0.3, 0.4) is 0 Å². The first-order valence-electron chi connectivity index (χ1n) is 26.6. The smallest absolute Gasteiger partial charge is 0.243 e. The molecule has 1 saturated heterocycles. The fourth-order valence-electron chi connectivity index (χ4n) is 8.37. The van der Waals surface area contributed by atoms with Gasteiger partial charge in [-0.25, -0.2) is 0 Å². The molecule has 1 fully saturated rings. The molecule has 0 aromatic rings. The molecule has 1 rings (SSSR count). The second-order valence-corrected chi connectivity index (χ2v) is 20.8. The van der Waals surface area contributed by atoms with Gasteiger partial charge in [0.25, 0.3) is 0 Å². The average Bonchev–Trinajstić information content (AvgIpc) is 3.34. The molecule has 0 radical (unpaired) electrons. The summed E-state index contributed by atoms with van der Waals surface area (Å²) in [5.74, 6) is -6.68. The first-order valence-corrected chi connectivity index (χ1v) is 26.6. The summed E-state index contributed by atoms with van der Waals surface area (Å²) in [4.78, 5) is 126. The third kappa shape index (κ3) is 28.6. The van der Waals surface area contributed by atoms with Crippen molar-refractivity contribution in [3.05, 3.63) is 41.8 Å². The molecule has 76 heavy (non-hydrogen) atoms. The molecule has 8 N–H and O–H groups in total. The van der Waals surface area contributed by atoms with E-state index in [-0.39, 0.29) is 101 Å². The Bertz CT molecular complexity index is 1790. The predicted octanol–water partition coefficient (Wildman–Crippen LogP) is 5.99. The molecule has 424 valence electrons. The molecule has 8 atom stereocenters. The number of unbranched alkanes of at least 4 members (excludes halogenated alkanes) is 4. The minimum Gasteiger partial charge on any atom is -0.343 e. The summed E-state index contributed by atoms with van der Waals surface area (Å²) in [6.45, 7) is 15.0. The van der Waals surface area contributed by atoms with Gasteiger partial charge >= 0.3 is 0 Å². The number of nitrogens with one attached hydrogen (secondary N) is 8. The number of amides is 8. The van der Waals surface area contributed by atoms with Crippen LogP contribution in [-0.2, 0) is 38.4 Å².